The molecule has 0 aromatic rings. The van der Waals surface area contributed by atoms with Crippen molar-refractivity contribution in [2.24, 2.45) is 5.73 Å². The smallest absolute Gasteiger partial charge is 0.0599 e. The normalized spacial score (nSPS) is 13.7. The number of nitrogens with one attached hydrogen (secondary N) is 1. The van der Waals surface area contributed by atoms with E-state index in [0.29, 0.717) is 0 Å². The summed E-state index contributed by atoms with van der Waals surface area (Å²) < 4.78 is 0. The standard InChI is InChI=1S/C10H28N2Si2/c1-13(2,3)10(14(4,5)6)12-9-7-8-11/h10,12H,7-9,11H2,1-6H3. The zero-order valence-electron chi connectivity index (χ0n) is 10.8. The van der Waals surface area contributed by atoms with Crippen LogP contribution in [0, 0.1) is 0 Å². The van der Waals surface area contributed by atoms with E-state index in [1.807, 2.05) is 0 Å². The van der Waals surface area contributed by atoms with Gasteiger partial charge in [-0.15, -0.1) is 0 Å². The van der Waals surface area contributed by atoms with Crippen LogP contribution < -0.4 is 11.1 Å². The summed E-state index contributed by atoms with van der Waals surface area (Å²) in [7, 11) is -2.12. The first-order valence-electron chi connectivity index (χ1n) is 5.63. The zero-order chi connectivity index (χ0) is 11.4. The number of hydrogen-bond donors (Lipinski definition) is 2. The molecule has 0 aromatic heterocycles. The molecule has 0 amide bonds. The van der Waals surface area contributed by atoms with Crippen molar-refractivity contribution in [3.8, 4) is 0 Å². The van der Waals surface area contributed by atoms with Crippen molar-refractivity contribution in [2.75, 3.05) is 13.1 Å². The molecular weight excluding hydrogens is 204 g/mol. The highest BCUT2D eigenvalue weighted by atomic mass is 28.4. The van der Waals surface area contributed by atoms with E-state index < -0.39 is 16.1 Å². The van der Waals surface area contributed by atoms with Crippen molar-refractivity contribution in [1.29, 1.82) is 0 Å². The summed E-state index contributed by atoms with van der Waals surface area (Å²) in [5.74, 6) is 0. The predicted molar refractivity (Wildman–Crippen MR) is 72.2 cm³/mol. The summed E-state index contributed by atoms with van der Waals surface area (Å²) in [6, 6.07) is 0. The average molecular weight is 233 g/mol. The average Bonchev–Trinajstić information content (AvgIpc) is 1.92. The lowest BCUT2D eigenvalue weighted by atomic mass is 10.4. The fourth-order valence-electron chi connectivity index (χ4n) is 2.26. The van der Waals surface area contributed by atoms with Crippen LogP contribution in [-0.4, -0.2) is 34.5 Å². The first-order chi connectivity index (χ1) is 6.19. The van der Waals surface area contributed by atoms with Crippen LogP contribution in [0.4, 0.5) is 0 Å². The predicted octanol–water partition coefficient (Wildman–Crippen LogP) is 2.05. The second kappa shape index (κ2) is 5.44. The number of rotatable bonds is 6. The van der Waals surface area contributed by atoms with Crippen molar-refractivity contribution < 1.29 is 0 Å². The first-order valence-corrected chi connectivity index (χ1v) is 12.8. The molecule has 0 aliphatic carbocycles. The Hall–Kier alpha value is 0.354. The van der Waals surface area contributed by atoms with Crippen LogP contribution in [0.5, 0.6) is 0 Å². The second-order valence-electron chi connectivity index (χ2n) is 6.26. The lowest BCUT2D eigenvalue weighted by molar-refractivity contribution is 0.675. The van der Waals surface area contributed by atoms with Gasteiger partial charge in [0.25, 0.3) is 0 Å². The van der Waals surface area contributed by atoms with Gasteiger partial charge in [0, 0.05) is 0 Å². The quantitative estimate of drug-likeness (QED) is 0.543. The molecule has 0 radical (unpaired) electrons. The molecule has 0 bridgehead atoms. The third-order valence-corrected chi connectivity index (χ3v) is 11.5. The van der Waals surface area contributed by atoms with Crippen LogP contribution in [0.1, 0.15) is 6.42 Å². The molecule has 0 atom stereocenters. The molecule has 0 fully saturated rings. The molecule has 0 saturated carbocycles. The molecule has 4 heteroatoms. The van der Waals surface area contributed by atoms with Gasteiger partial charge >= 0.3 is 0 Å². The van der Waals surface area contributed by atoms with Crippen molar-refractivity contribution in [3.63, 3.8) is 0 Å². The Morgan fingerprint density at radius 2 is 1.43 bits per heavy atom. The molecule has 0 rings (SSSR count). The van der Waals surface area contributed by atoms with Crippen LogP contribution in [0.2, 0.25) is 39.3 Å². The second-order valence-corrected chi connectivity index (χ2v) is 17.5. The minimum atomic E-state index is -1.06. The summed E-state index contributed by atoms with van der Waals surface area (Å²) in [6.07, 6.45) is 1.10. The van der Waals surface area contributed by atoms with Crippen molar-refractivity contribution in [3.05, 3.63) is 0 Å². The Kier molecular flexibility index (Phi) is 5.58. The summed E-state index contributed by atoms with van der Waals surface area (Å²) in [5.41, 5.74) is 5.52. The minimum Gasteiger partial charge on any atom is -0.330 e. The monoisotopic (exact) mass is 232 g/mol. The Balaban J connectivity index is 4.28. The van der Waals surface area contributed by atoms with Gasteiger partial charge in [-0.3, -0.25) is 0 Å². The van der Waals surface area contributed by atoms with Gasteiger partial charge in [0.05, 0.1) is 16.1 Å². The van der Waals surface area contributed by atoms with E-state index in [2.05, 4.69) is 44.6 Å². The van der Waals surface area contributed by atoms with Crippen LogP contribution in [-0.2, 0) is 0 Å². The molecule has 14 heavy (non-hydrogen) atoms. The van der Waals surface area contributed by atoms with Crippen LogP contribution >= 0.6 is 0 Å². The molecule has 0 unspecified atom stereocenters. The molecular formula is C10H28N2Si2. The molecule has 0 spiro atoms. The van der Waals surface area contributed by atoms with Gasteiger partial charge in [0.2, 0.25) is 0 Å². The molecule has 86 valence electrons. The van der Waals surface area contributed by atoms with E-state index >= 15 is 0 Å². The maximum absolute atomic E-state index is 5.52. The van der Waals surface area contributed by atoms with Gasteiger partial charge in [0.1, 0.15) is 0 Å². The Labute approximate surface area is 91.7 Å². The SMILES string of the molecule is C[Si](C)(C)C(NCCCN)[Si](C)(C)C. The summed E-state index contributed by atoms with van der Waals surface area (Å²) in [6.45, 7) is 16.7. The Bertz CT molecular complexity index is 144. The Morgan fingerprint density at radius 3 is 1.71 bits per heavy atom. The highest BCUT2D eigenvalue weighted by Crippen LogP contribution is 2.18. The fourth-order valence-corrected chi connectivity index (χ4v) is 14.2. The summed E-state index contributed by atoms with van der Waals surface area (Å²) in [5, 5.41) is 4.55. The van der Waals surface area contributed by atoms with Gasteiger partial charge < -0.3 is 11.1 Å². The van der Waals surface area contributed by atoms with Gasteiger partial charge in [-0.25, -0.2) is 0 Å². The molecule has 0 aliphatic heterocycles. The third-order valence-electron chi connectivity index (χ3n) is 2.46. The molecule has 0 saturated heterocycles. The van der Waals surface area contributed by atoms with Gasteiger partial charge in [-0.05, 0) is 24.8 Å². The highest BCUT2D eigenvalue weighted by molar-refractivity contribution is 6.96. The number of nitrogens with two attached hydrogens (primary N) is 1. The van der Waals surface area contributed by atoms with E-state index in [1.54, 1.807) is 0 Å². The van der Waals surface area contributed by atoms with E-state index in [4.69, 9.17) is 5.73 Å². The first kappa shape index (κ1) is 14.4. The topological polar surface area (TPSA) is 38.0 Å². The minimum absolute atomic E-state index is 0.803. The molecule has 0 aliphatic rings. The van der Waals surface area contributed by atoms with E-state index in [9.17, 15) is 0 Å². The largest absolute Gasteiger partial charge is 0.330 e. The maximum Gasteiger partial charge on any atom is 0.0599 e. The third kappa shape index (κ3) is 5.29. The van der Waals surface area contributed by atoms with Crippen LogP contribution in [0.15, 0.2) is 0 Å². The lowest BCUT2D eigenvalue weighted by Gasteiger charge is -2.39. The van der Waals surface area contributed by atoms with Gasteiger partial charge in [0.15, 0.2) is 0 Å². The van der Waals surface area contributed by atoms with Crippen LogP contribution in [0.25, 0.3) is 0 Å². The molecule has 0 heterocycles. The van der Waals surface area contributed by atoms with Crippen LogP contribution in [0.3, 0.4) is 0 Å². The lowest BCUT2D eigenvalue weighted by Crippen LogP contribution is -2.62. The Morgan fingerprint density at radius 1 is 1.00 bits per heavy atom. The van der Waals surface area contributed by atoms with Crippen molar-refractivity contribution in [2.45, 2.75) is 51.0 Å². The summed E-state index contributed by atoms with van der Waals surface area (Å²) in [4.78, 5) is 0. The van der Waals surface area contributed by atoms with Gasteiger partial charge in [-0.1, -0.05) is 39.3 Å². The van der Waals surface area contributed by atoms with E-state index in [0.717, 1.165) is 24.8 Å². The van der Waals surface area contributed by atoms with E-state index in [-0.39, 0.29) is 0 Å². The highest BCUT2D eigenvalue weighted by Gasteiger charge is 2.36. The molecule has 0 aromatic carbocycles. The fraction of sp³-hybridized carbons (Fsp3) is 1.00. The van der Waals surface area contributed by atoms with Crippen molar-refractivity contribution in [1.82, 2.24) is 5.32 Å². The molecule has 3 N–H and O–H groups in total. The maximum atomic E-state index is 5.52. The molecule has 2 nitrogen and oxygen atoms in total. The van der Waals surface area contributed by atoms with Gasteiger partial charge in [-0.2, -0.15) is 0 Å². The number of hydrogen-bond acceptors (Lipinski definition) is 2. The van der Waals surface area contributed by atoms with E-state index in [1.165, 1.54) is 0 Å². The zero-order valence-corrected chi connectivity index (χ0v) is 12.8. The van der Waals surface area contributed by atoms with Crippen molar-refractivity contribution >= 4 is 16.1 Å². The summed E-state index contributed by atoms with van der Waals surface area (Å²) >= 11 is 0.